The normalized spacial score (nSPS) is 10.7. The molecule has 0 saturated heterocycles. The molecule has 0 atom stereocenters. The number of rotatable bonds is 4. The molecule has 1 aromatic carbocycles. The Morgan fingerprint density at radius 3 is 2.90 bits per heavy atom. The zero-order chi connectivity index (χ0) is 14.7. The van der Waals surface area contributed by atoms with E-state index in [-0.39, 0.29) is 5.91 Å². The second-order valence-electron chi connectivity index (χ2n) is 5.05. The van der Waals surface area contributed by atoms with Crippen LogP contribution in [0.2, 0.25) is 0 Å². The summed E-state index contributed by atoms with van der Waals surface area (Å²) >= 11 is 0. The van der Waals surface area contributed by atoms with E-state index in [2.05, 4.69) is 9.97 Å². The van der Waals surface area contributed by atoms with Crippen LogP contribution in [0.4, 0.5) is 0 Å². The summed E-state index contributed by atoms with van der Waals surface area (Å²) in [7, 11) is 1.83. The van der Waals surface area contributed by atoms with Gasteiger partial charge in [0.15, 0.2) is 0 Å². The van der Waals surface area contributed by atoms with Gasteiger partial charge in [-0.2, -0.15) is 0 Å². The molecule has 0 aliphatic carbocycles. The van der Waals surface area contributed by atoms with E-state index in [1.165, 1.54) is 0 Å². The average molecular weight is 279 g/mol. The van der Waals surface area contributed by atoms with E-state index in [0.29, 0.717) is 12.1 Å². The van der Waals surface area contributed by atoms with Gasteiger partial charge in [0.05, 0.1) is 11.1 Å². The van der Waals surface area contributed by atoms with Gasteiger partial charge in [0.2, 0.25) is 0 Å². The first-order valence-electron chi connectivity index (χ1n) is 6.97. The average Bonchev–Trinajstić information content (AvgIpc) is 3.01. The molecule has 4 heteroatoms. The van der Waals surface area contributed by atoms with E-state index in [1.54, 1.807) is 11.1 Å². The number of hydrogen-bond donors (Lipinski definition) is 1. The van der Waals surface area contributed by atoms with Crippen molar-refractivity contribution in [2.75, 3.05) is 13.6 Å². The Balaban J connectivity index is 1.74. The first-order valence-corrected chi connectivity index (χ1v) is 6.97. The topological polar surface area (TPSA) is 49.0 Å². The smallest absolute Gasteiger partial charge is 0.255 e. The van der Waals surface area contributed by atoms with Crippen molar-refractivity contribution in [1.82, 2.24) is 14.9 Å². The number of aromatic amines is 1. The van der Waals surface area contributed by atoms with Crippen molar-refractivity contribution in [3.8, 4) is 0 Å². The quantitative estimate of drug-likeness (QED) is 0.798. The third-order valence-corrected chi connectivity index (χ3v) is 3.59. The largest absolute Gasteiger partial charge is 0.361 e. The number of nitrogens with zero attached hydrogens (tertiary/aromatic N) is 2. The Hall–Kier alpha value is -2.62. The van der Waals surface area contributed by atoms with Crippen molar-refractivity contribution in [2.45, 2.75) is 6.42 Å². The van der Waals surface area contributed by atoms with Crippen LogP contribution in [0.3, 0.4) is 0 Å². The van der Waals surface area contributed by atoms with Crippen LogP contribution in [-0.2, 0) is 6.42 Å². The summed E-state index contributed by atoms with van der Waals surface area (Å²) < 4.78 is 0. The fraction of sp³-hybridized carbons (Fsp3) is 0.176. The van der Waals surface area contributed by atoms with Crippen LogP contribution in [0, 0.1) is 0 Å². The molecule has 1 amide bonds. The van der Waals surface area contributed by atoms with E-state index in [1.807, 2.05) is 55.7 Å². The number of H-pyrrole nitrogens is 1. The van der Waals surface area contributed by atoms with Crippen molar-refractivity contribution >= 4 is 16.8 Å². The Kier molecular flexibility index (Phi) is 3.69. The number of benzene rings is 1. The number of nitrogens with one attached hydrogen (secondary N) is 1. The molecule has 0 bridgehead atoms. The summed E-state index contributed by atoms with van der Waals surface area (Å²) in [5.41, 5.74) is 2.60. The third kappa shape index (κ3) is 2.79. The summed E-state index contributed by atoms with van der Waals surface area (Å²) in [6.07, 6.45) is 4.38. The predicted octanol–water partition coefficient (Wildman–Crippen LogP) is 2.88. The summed E-state index contributed by atoms with van der Waals surface area (Å²) in [5, 5.41) is 1.05. The lowest BCUT2D eigenvalue weighted by atomic mass is 10.1. The number of aromatic nitrogens is 2. The van der Waals surface area contributed by atoms with Crippen molar-refractivity contribution in [2.24, 2.45) is 0 Å². The lowest BCUT2D eigenvalue weighted by molar-refractivity contribution is 0.0798. The Labute approximate surface area is 123 Å². The molecule has 0 radical (unpaired) electrons. The second kappa shape index (κ2) is 5.79. The summed E-state index contributed by atoms with van der Waals surface area (Å²) in [4.78, 5) is 21.7. The highest BCUT2D eigenvalue weighted by Crippen LogP contribution is 2.18. The molecule has 0 saturated carbocycles. The predicted molar refractivity (Wildman–Crippen MR) is 83.2 cm³/mol. The Morgan fingerprint density at radius 1 is 1.19 bits per heavy atom. The van der Waals surface area contributed by atoms with Crippen molar-refractivity contribution in [3.63, 3.8) is 0 Å². The number of hydrogen-bond acceptors (Lipinski definition) is 2. The second-order valence-corrected chi connectivity index (χ2v) is 5.05. The Bertz CT molecular complexity index is 749. The number of para-hydroxylation sites is 1. The van der Waals surface area contributed by atoms with Gasteiger partial charge in [0, 0.05) is 43.5 Å². The minimum atomic E-state index is 0.0268. The molecule has 21 heavy (non-hydrogen) atoms. The fourth-order valence-corrected chi connectivity index (χ4v) is 2.40. The molecule has 0 spiro atoms. The van der Waals surface area contributed by atoms with Gasteiger partial charge in [-0.25, -0.2) is 0 Å². The molecule has 0 fully saturated rings. The van der Waals surface area contributed by atoms with Crippen LogP contribution in [0.15, 0.2) is 54.9 Å². The molecular formula is C17H17N3O. The minimum Gasteiger partial charge on any atom is -0.361 e. The number of pyridine rings is 1. The lowest BCUT2D eigenvalue weighted by Gasteiger charge is -2.17. The first-order chi connectivity index (χ1) is 10.3. The minimum absolute atomic E-state index is 0.0268. The lowest BCUT2D eigenvalue weighted by Crippen LogP contribution is -2.29. The molecule has 2 aromatic heterocycles. The van der Waals surface area contributed by atoms with Crippen LogP contribution in [0.5, 0.6) is 0 Å². The van der Waals surface area contributed by atoms with E-state index in [4.69, 9.17) is 0 Å². The van der Waals surface area contributed by atoms with Gasteiger partial charge in [0.1, 0.15) is 0 Å². The van der Waals surface area contributed by atoms with E-state index in [0.717, 1.165) is 23.0 Å². The number of fused-ring (bicyclic) bond motifs is 1. The monoisotopic (exact) mass is 279 g/mol. The maximum absolute atomic E-state index is 12.6. The van der Waals surface area contributed by atoms with E-state index >= 15 is 0 Å². The van der Waals surface area contributed by atoms with E-state index < -0.39 is 0 Å². The van der Waals surface area contributed by atoms with Crippen LogP contribution in [-0.4, -0.2) is 34.4 Å². The SMILES string of the molecule is CN(CCc1ccccn1)C(=O)c1cccc2cc[nH]c12. The summed E-state index contributed by atoms with van der Waals surface area (Å²) in [6.45, 7) is 0.646. The molecule has 0 aliphatic heterocycles. The van der Waals surface area contributed by atoms with Gasteiger partial charge in [-0.1, -0.05) is 18.2 Å². The van der Waals surface area contributed by atoms with Crippen LogP contribution in [0.25, 0.3) is 10.9 Å². The zero-order valence-corrected chi connectivity index (χ0v) is 11.9. The fourth-order valence-electron chi connectivity index (χ4n) is 2.40. The van der Waals surface area contributed by atoms with E-state index in [9.17, 15) is 4.79 Å². The molecule has 3 aromatic rings. The van der Waals surface area contributed by atoms with Crippen LogP contribution >= 0.6 is 0 Å². The molecule has 2 heterocycles. The number of carbonyl (C=O) groups is 1. The van der Waals surface area contributed by atoms with Gasteiger partial charge in [-0.05, 0) is 24.3 Å². The number of carbonyl (C=O) groups excluding carboxylic acids is 1. The van der Waals surface area contributed by atoms with Gasteiger partial charge < -0.3 is 9.88 Å². The van der Waals surface area contributed by atoms with Crippen molar-refractivity contribution < 1.29 is 4.79 Å². The van der Waals surface area contributed by atoms with Crippen molar-refractivity contribution in [3.05, 3.63) is 66.1 Å². The molecule has 0 unspecified atom stereocenters. The summed E-state index contributed by atoms with van der Waals surface area (Å²) in [5.74, 6) is 0.0268. The molecule has 0 aliphatic rings. The highest BCUT2D eigenvalue weighted by Gasteiger charge is 2.15. The van der Waals surface area contributed by atoms with Gasteiger partial charge in [-0.15, -0.1) is 0 Å². The van der Waals surface area contributed by atoms with Crippen molar-refractivity contribution in [1.29, 1.82) is 0 Å². The molecule has 1 N–H and O–H groups in total. The zero-order valence-electron chi connectivity index (χ0n) is 11.9. The van der Waals surface area contributed by atoms with Gasteiger partial charge in [-0.3, -0.25) is 9.78 Å². The highest BCUT2D eigenvalue weighted by atomic mass is 16.2. The van der Waals surface area contributed by atoms with Gasteiger partial charge >= 0.3 is 0 Å². The standard InChI is InChI=1S/C17H17N3O/c1-20(12-9-14-6-2-3-10-18-14)17(21)15-7-4-5-13-8-11-19-16(13)15/h2-8,10-11,19H,9,12H2,1H3. The highest BCUT2D eigenvalue weighted by molar-refractivity contribution is 6.05. The molecule has 106 valence electrons. The number of likely N-dealkylation sites (N-methyl/N-ethyl adjacent to an activating group) is 1. The molecule has 3 rings (SSSR count). The summed E-state index contributed by atoms with van der Waals surface area (Å²) in [6, 6.07) is 13.6. The third-order valence-electron chi connectivity index (χ3n) is 3.59. The maximum Gasteiger partial charge on any atom is 0.255 e. The Morgan fingerprint density at radius 2 is 2.10 bits per heavy atom. The maximum atomic E-state index is 12.6. The molecular weight excluding hydrogens is 262 g/mol. The van der Waals surface area contributed by atoms with Gasteiger partial charge in [0.25, 0.3) is 5.91 Å². The van der Waals surface area contributed by atoms with Crippen LogP contribution < -0.4 is 0 Å². The van der Waals surface area contributed by atoms with Crippen LogP contribution in [0.1, 0.15) is 16.1 Å². The number of amides is 1. The first kappa shape index (κ1) is 13.4. The molecule has 4 nitrogen and oxygen atoms in total.